The predicted octanol–water partition coefficient (Wildman–Crippen LogP) is 2.43. The van der Waals surface area contributed by atoms with Crippen molar-refractivity contribution < 1.29 is 4.79 Å². The van der Waals surface area contributed by atoms with E-state index in [1.165, 1.54) is 5.56 Å². The first-order valence-corrected chi connectivity index (χ1v) is 5.59. The lowest BCUT2D eigenvalue weighted by atomic mass is 10.2. The first kappa shape index (κ1) is 12.0. The van der Waals surface area contributed by atoms with Crippen LogP contribution in [0.1, 0.15) is 18.9 Å². The molecule has 1 aromatic rings. The zero-order chi connectivity index (χ0) is 11.4. The van der Waals surface area contributed by atoms with E-state index < -0.39 is 0 Å². The van der Waals surface area contributed by atoms with Gasteiger partial charge >= 0.3 is 0 Å². The molecule has 0 saturated carbocycles. The minimum absolute atomic E-state index is 0.0529. The van der Waals surface area contributed by atoms with Crippen molar-refractivity contribution in [3.8, 4) is 0 Å². The van der Waals surface area contributed by atoms with Crippen molar-refractivity contribution in [3.63, 3.8) is 0 Å². The normalized spacial score (nSPS) is 12.2. The number of primary amides is 1. The van der Waals surface area contributed by atoms with Crippen LogP contribution < -0.4 is 11.1 Å². The average Bonchev–Trinajstić information content (AvgIpc) is 2.10. The number of amides is 1. The number of carbonyl (C=O) groups is 1. The largest absolute Gasteiger partial charge is 0.382 e. The van der Waals surface area contributed by atoms with E-state index in [0.29, 0.717) is 6.42 Å². The van der Waals surface area contributed by atoms with E-state index in [1.54, 1.807) is 0 Å². The molecule has 3 nitrogen and oxygen atoms in total. The fourth-order valence-corrected chi connectivity index (χ4v) is 1.70. The maximum atomic E-state index is 10.7. The Hall–Kier alpha value is -1.03. The molecule has 1 aromatic carbocycles. The fourth-order valence-electron chi connectivity index (χ4n) is 1.32. The summed E-state index contributed by atoms with van der Waals surface area (Å²) in [6.45, 7) is 3.96. The molecule has 15 heavy (non-hydrogen) atoms. The Morgan fingerprint density at radius 2 is 2.27 bits per heavy atom. The van der Waals surface area contributed by atoms with Crippen LogP contribution in [0, 0.1) is 6.92 Å². The number of hydrogen-bond acceptors (Lipinski definition) is 2. The lowest BCUT2D eigenvalue weighted by molar-refractivity contribution is -0.118. The van der Waals surface area contributed by atoms with Crippen LogP contribution in [0.3, 0.4) is 0 Å². The molecule has 1 amide bonds. The highest BCUT2D eigenvalue weighted by Crippen LogP contribution is 2.21. The van der Waals surface area contributed by atoms with Crippen LogP contribution in [0.2, 0.25) is 0 Å². The predicted molar refractivity (Wildman–Crippen MR) is 65.8 cm³/mol. The molecule has 1 atom stereocenters. The van der Waals surface area contributed by atoms with E-state index in [9.17, 15) is 4.79 Å². The molecule has 0 bridgehead atoms. The number of hydrogen-bond donors (Lipinski definition) is 2. The Balaban J connectivity index is 2.64. The number of halogens is 1. The fraction of sp³-hybridized carbons (Fsp3) is 0.364. The molecule has 3 N–H and O–H groups in total. The van der Waals surface area contributed by atoms with Gasteiger partial charge in [-0.25, -0.2) is 0 Å². The highest BCUT2D eigenvalue weighted by molar-refractivity contribution is 9.10. The standard InChI is InChI=1S/C11H15BrN2O/c1-7-3-4-9(6-10(7)12)14-8(2)5-11(13)15/h3-4,6,8,14H,5H2,1-2H3,(H2,13,15). The second-order valence-corrected chi connectivity index (χ2v) is 4.53. The van der Waals surface area contributed by atoms with E-state index in [1.807, 2.05) is 32.0 Å². The van der Waals surface area contributed by atoms with Gasteiger partial charge in [-0.05, 0) is 31.5 Å². The summed E-state index contributed by atoms with van der Waals surface area (Å²) in [5.41, 5.74) is 7.28. The summed E-state index contributed by atoms with van der Waals surface area (Å²) >= 11 is 3.46. The molecular weight excluding hydrogens is 256 g/mol. The van der Waals surface area contributed by atoms with Gasteiger partial charge in [0, 0.05) is 22.6 Å². The molecule has 0 heterocycles. The number of aryl methyl sites for hydroxylation is 1. The van der Waals surface area contributed by atoms with Crippen LogP contribution >= 0.6 is 15.9 Å². The monoisotopic (exact) mass is 270 g/mol. The van der Waals surface area contributed by atoms with Gasteiger partial charge < -0.3 is 11.1 Å². The molecule has 1 unspecified atom stereocenters. The first-order valence-electron chi connectivity index (χ1n) is 4.80. The number of benzene rings is 1. The Morgan fingerprint density at radius 1 is 1.60 bits per heavy atom. The van der Waals surface area contributed by atoms with Gasteiger partial charge in [-0.1, -0.05) is 22.0 Å². The average molecular weight is 271 g/mol. The van der Waals surface area contributed by atoms with Gasteiger partial charge in [-0.15, -0.1) is 0 Å². The summed E-state index contributed by atoms with van der Waals surface area (Å²) in [6.07, 6.45) is 0.339. The van der Waals surface area contributed by atoms with Gasteiger partial charge in [-0.3, -0.25) is 4.79 Å². The third kappa shape index (κ3) is 3.91. The third-order valence-electron chi connectivity index (χ3n) is 2.09. The van der Waals surface area contributed by atoms with Crippen molar-refractivity contribution in [3.05, 3.63) is 28.2 Å². The van der Waals surface area contributed by atoms with Crippen molar-refractivity contribution >= 4 is 27.5 Å². The smallest absolute Gasteiger partial charge is 0.219 e. The Kier molecular flexibility index (Phi) is 4.15. The molecule has 1 rings (SSSR count). The minimum atomic E-state index is -0.291. The van der Waals surface area contributed by atoms with Crippen molar-refractivity contribution in [2.75, 3.05) is 5.32 Å². The molecule has 0 aliphatic carbocycles. The van der Waals surface area contributed by atoms with Crippen LogP contribution in [0.25, 0.3) is 0 Å². The van der Waals surface area contributed by atoms with E-state index in [4.69, 9.17) is 5.73 Å². The molecule has 0 radical (unpaired) electrons. The molecular formula is C11H15BrN2O. The van der Waals surface area contributed by atoms with Crippen LogP contribution in [0.4, 0.5) is 5.69 Å². The Labute approximate surface area is 98.2 Å². The molecule has 0 aliphatic heterocycles. The Morgan fingerprint density at radius 3 is 2.80 bits per heavy atom. The molecule has 0 aliphatic rings. The van der Waals surface area contributed by atoms with Crippen LogP contribution in [-0.4, -0.2) is 11.9 Å². The van der Waals surface area contributed by atoms with Gasteiger partial charge in [0.15, 0.2) is 0 Å². The summed E-state index contributed by atoms with van der Waals surface area (Å²) in [7, 11) is 0. The quantitative estimate of drug-likeness (QED) is 0.883. The van der Waals surface area contributed by atoms with E-state index in [2.05, 4.69) is 21.2 Å². The zero-order valence-corrected chi connectivity index (χ0v) is 10.5. The molecule has 0 saturated heterocycles. The van der Waals surface area contributed by atoms with Gasteiger partial charge in [0.25, 0.3) is 0 Å². The second-order valence-electron chi connectivity index (χ2n) is 3.68. The van der Waals surface area contributed by atoms with Crippen LogP contribution in [0.15, 0.2) is 22.7 Å². The van der Waals surface area contributed by atoms with Crippen molar-refractivity contribution in [2.24, 2.45) is 5.73 Å². The molecule has 82 valence electrons. The van der Waals surface area contributed by atoms with E-state index in [-0.39, 0.29) is 11.9 Å². The van der Waals surface area contributed by atoms with Gasteiger partial charge in [-0.2, -0.15) is 0 Å². The number of carbonyl (C=O) groups excluding carboxylic acids is 1. The lowest BCUT2D eigenvalue weighted by Crippen LogP contribution is -2.23. The van der Waals surface area contributed by atoms with Gasteiger partial charge in [0.05, 0.1) is 0 Å². The van der Waals surface area contributed by atoms with Gasteiger partial charge in [0.1, 0.15) is 0 Å². The molecule has 0 spiro atoms. The van der Waals surface area contributed by atoms with E-state index in [0.717, 1.165) is 10.2 Å². The maximum absolute atomic E-state index is 10.7. The van der Waals surface area contributed by atoms with Crippen LogP contribution in [-0.2, 0) is 4.79 Å². The number of anilines is 1. The molecule has 0 fully saturated rings. The molecule has 0 aromatic heterocycles. The summed E-state index contributed by atoms with van der Waals surface area (Å²) in [5, 5.41) is 3.21. The zero-order valence-electron chi connectivity index (χ0n) is 8.88. The number of rotatable bonds is 4. The van der Waals surface area contributed by atoms with Gasteiger partial charge in [0.2, 0.25) is 5.91 Å². The Bertz CT molecular complexity index is 366. The number of nitrogens with one attached hydrogen (secondary N) is 1. The highest BCUT2D eigenvalue weighted by Gasteiger charge is 2.06. The van der Waals surface area contributed by atoms with Crippen molar-refractivity contribution in [1.82, 2.24) is 0 Å². The summed E-state index contributed by atoms with van der Waals surface area (Å²) in [4.78, 5) is 10.7. The SMILES string of the molecule is Cc1ccc(NC(C)CC(N)=O)cc1Br. The van der Waals surface area contributed by atoms with E-state index >= 15 is 0 Å². The summed E-state index contributed by atoms with van der Waals surface area (Å²) < 4.78 is 1.05. The third-order valence-corrected chi connectivity index (χ3v) is 2.95. The lowest BCUT2D eigenvalue weighted by Gasteiger charge is -2.14. The minimum Gasteiger partial charge on any atom is -0.382 e. The topological polar surface area (TPSA) is 55.1 Å². The van der Waals surface area contributed by atoms with Crippen molar-refractivity contribution in [2.45, 2.75) is 26.3 Å². The highest BCUT2D eigenvalue weighted by atomic mass is 79.9. The first-order chi connectivity index (χ1) is 6.99. The van der Waals surface area contributed by atoms with Crippen LogP contribution in [0.5, 0.6) is 0 Å². The summed E-state index contributed by atoms with van der Waals surface area (Å²) in [6, 6.07) is 6.05. The van der Waals surface area contributed by atoms with Crippen molar-refractivity contribution in [1.29, 1.82) is 0 Å². The number of nitrogens with two attached hydrogens (primary N) is 1. The second kappa shape index (κ2) is 5.16. The molecule has 4 heteroatoms. The maximum Gasteiger partial charge on any atom is 0.219 e. The summed E-state index contributed by atoms with van der Waals surface area (Å²) in [5.74, 6) is -0.291.